The summed E-state index contributed by atoms with van der Waals surface area (Å²) in [5.74, 6) is 0.911. The smallest absolute Gasteiger partial charge is 0.114 e. The van der Waals surface area contributed by atoms with Gasteiger partial charge in [-0.05, 0) is 37.0 Å². The van der Waals surface area contributed by atoms with Crippen LogP contribution in [0.5, 0.6) is 0 Å². The van der Waals surface area contributed by atoms with Crippen LogP contribution in [0, 0.1) is 0 Å². The lowest BCUT2D eigenvalue weighted by Gasteiger charge is -2.12. The molecule has 2 rings (SSSR count). The number of ether oxygens (including phenoxy) is 2. The molecule has 0 amide bonds. The van der Waals surface area contributed by atoms with Gasteiger partial charge in [-0.25, -0.2) is 0 Å². The molecule has 0 fully saturated rings. The normalized spacial score (nSPS) is 16.8. The van der Waals surface area contributed by atoms with Gasteiger partial charge in [-0.2, -0.15) is 0 Å². The summed E-state index contributed by atoms with van der Waals surface area (Å²) in [6, 6.07) is 9.97. The van der Waals surface area contributed by atoms with Crippen LogP contribution < -0.4 is 0 Å². The lowest BCUT2D eigenvalue weighted by Crippen LogP contribution is -2.14. The van der Waals surface area contributed by atoms with Crippen molar-refractivity contribution in [2.45, 2.75) is 32.0 Å². The Hall–Kier alpha value is -1.58. The molecule has 1 aromatic rings. The fraction of sp³-hybridized carbons (Fsp3) is 0.412. The highest BCUT2D eigenvalue weighted by Gasteiger charge is 2.03. The molecule has 0 aromatic heterocycles. The van der Waals surface area contributed by atoms with Crippen molar-refractivity contribution >= 4 is 0 Å². The lowest BCUT2D eigenvalue weighted by molar-refractivity contribution is 0.0300. The first-order chi connectivity index (χ1) is 9.84. The molecule has 20 heavy (non-hydrogen) atoms. The fourth-order valence-corrected chi connectivity index (χ4v) is 1.99. The van der Waals surface area contributed by atoms with Crippen molar-refractivity contribution in [3.05, 3.63) is 59.9 Å². The van der Waals surface area contributed by atoms with Gasteiger partial charge in [0.05, 0.1) is 25.9 Å². The zero-order chi connectivity index (χ0) is 14.0. The van der Waals surface area contributed by atoms with Crippen LogP contribution in [-0.2, 0) is 16.1 Å². The number of allylic oxidation sites excluding steroid dienone is 2. The molecule has 1 heterocycles. The molecular weight excluding hydrogens is 252 g/mol. The van der Waals surface area contributed by atoms with Gasteiger partial charge in [0.15, 0.2) is 0 Å². The minimum atomic E-state index is -0.473. The molecular formula is C17H22O3. The third-order valence-electron chi connectivity index (χ3n) is 3.07. The fourth-order valence-electron chi connectivity index (χ4n) is 1.99. The van der Waals surface area contributed by atoms with E-state index in [0.29, 0.717) is 19.6 Å². The maximum atomic E-state index is 9.82. The van der Waals surface area contributed by atoms with Crippen LogP contribution in [0.25, 0.3) is 0 Å². The maximum absolute atomic E-state index is 9.82. The van der Waals surface area contributed by atoms with Gasteiger partial charge in [0, 0.05) is 0 Å². The zero-order valence-corrected chi connectivity index (χ0v) is 11.7. The molecule has 0 saturated carbocycles. The summed E-state index contributed by atoms with van der Waals surface area (Å²) in [6.45, 7) is 1.67. The van der Waals surface area contributed by atoms with E-state index in [-0.39, 0.29) is 0 Å². The Labute approximate surface area is 120 Å². The van der Waals surface area contributed by atoms with Gasteiger partial charge in [0.1, 0.15) is 5.76 Å². The van der Waals surface area contributed by atoms with E-state index in [1.54, 1.807) is 0 Å². The van der Waals surface area contributed by atoms with Crippen molar-refractivity contribution in [2.24, 2.45) is 0 Å². The number of aliphatic hydroxyl groups is 1. The van der Waals surface area contributed by atoms with Crippen molar-refractivity contribution in [1.29, 1.82) is 0 Å². The summed E-state index contributed by atoms with van der Waals surface area (Å²) in [7, 11) is 0. The molecule has 1 unspecified atom stereocenters. The third kappa shape index (κ3) is 5.59. The molecule has 108 valence electrons. The summed E-state index contributed by atoms with van der Waals surface area (Å²) >= 11 is 0. The highest BCUT2D eigenvalue weighted by atomic mass is 16.5. The molecule has 3 nitrogen and oxygen atoms in total. The minimum Gasteiger partial charge on any atom is -0.494 e. The molecule has 1 N–H and O–H groups in total. The molecule has 1 aromatic carbocycles. The van der Waals surface area contributed by atoms with Crippen LogP contribution in [0.3, 0.4) is 0 Å². The van der Waals surface area contributed by atoms with Gasteiger partial charge in [-0.3, -0.25) is 0 Å². The Morgan fingerprint density at radius 1 is 1.30 bits per heavy atom. The second-order valence-electron chi connectivity index (χ2n) is 4.89. The standard InChI is InChI=1S/C17H22O3/c18-16(9-6-11-17-10-4-5-12-20-17)14-19-13-15-7-2-1-3-8-15/h1-3,6-8,10-11,16,18H,4-5,9,12-14H2/b11-6-. The van der Waals surface area contributed by atoms with E-state index >= 15 is 0 Å². The highest BCUT2D eigenvalue weighted by molar-refractivity contribution is 5.14. The first-order valence-corrected chi connectivity index (χ1v) is 7.14. The van der Waals surface area contributed by atoms with Crippen LogP contribution >= 0.6 is 0 Å². The topological polar surface area (TPSA) is 38.7 Å². The number of hydrogen-bond donors (Lipinski definition) is 1. The van der Waals surface area contributed by atoms with E-state index in [0.717, 1.165) is 30.8 Å². The monoisotopic (exact) mass is 274 g/mol. The molecule has 0 spiro atoms. The number of aliphatic hydroxyl groups excluding tert-OH is 1. The zero-order valence-electron chi connectivity index (χ0n) is 11.7. The van der Waals surface area contributed by atoms with Crippen LogP contribution in [-0.4, -0.2) is 24.4 Å². The molecule has 1 aliphatic heterocycles. The first kappa shape index (κ1) is 14.8. The predicted molar refractivity (Wildman–Crippen MR) is 79.1 cm³/mol. The van der Waals surface area contributed by atoms with Gasteiger partial charge in [-0.1, -0.05) is 36.4 Å². The van der Waals surface area contributed by atoms with E-state index in [1.165, 1.54) is 0 Å². The Balaban J connectivity index is 1.61. The van der Waals surface area contributed by atoms with E-state index in [2.05, 4.69) is 6.08 Å². The average molecular weight is 274 g/mol. The second kappa shape index (κ2) is 8.56. The van der Waals surface area contributed by atoms with E-state index in [1.807, 2.05) is 42.5 Å². The summed E-state index contributed by atoms with van der Waals surface area (Å²) in [6.07, 6.45) is 8.22. The minimum absolute atomic E-state index is 0.346. The van der Waals surface area contributed by atoms with Crippen LogP contribution in [0.15, 0.2) is 54.3 Å². The molecule has 1 atom stereocenters. The highest BCUT2D eigenvalue weighted by Crippen LogP contribution is 2.11. The van der Waals surface area contributed by atoms with E-state index in [4.69, 9.17) is 9.47 Å². The number of benzene rings is 1. The van der Waals surface area contributed by atoms with Gasteiger partial charge >= 0.3 is 0 Å². The van der Waals surface area contributed by atoms with Crippen molar-refractivity contribution in [2.75, 3.05) is 13.2 Å². The van der Waals surface area contributed by atoms with Gasteiger partial charge in [-0.15, -0.1) is 0 Å². The van der Waals surface area contributed by atoms with Crippen LogP contribution in [0.2, 0.25) is 0 Å². The molecule has 0 radical (unpaired) electrons. The van der Waals surface area contributed by atoms with Crippen LogP contribution in [0.1, 0.15) is 24.8 Å². The number of rotatable bonds is 7. The third-order valence-corrected chi connectivity index (χ3v) is 3.07. The molecule has 0 aliphatic carbocycles. The van der Waals surface area contributed by atoms with E-state index in [9.17, 15) is 5.11 Å². The Morgan fingerprint density at radius 2 is 2.15 bits per heavy atom. The Morgan fingerprint density at radius 3 is 2.90 bits per heavy atom. The summed E-state index contributed by atoms with van der Waals surface area (Å²) in [5, 5.41) is 9.82. The summed E-state index contributed by atoms with van der Waals surface area (Å²) < 4.78 is 11.0. The van der Waals surface area contributed by atoms with Crippen molar-refractivity contribution in [3.63, 3.8) is 0 Å². The molecule has 3 heteroatoms. The molecule has 1 aliphatic rings. The maximum Gasteiger partial charge on any atom is 0.114 e. The van der Waals surface area contributed by atoms with Gasteiger partial charge < -0.3 is 14.6 Å². The largest absolute Gasteiger partial charge is 0.494 e. The van der Waals surface area contributed by atoms with Gasteiger partial charge in [0.25, 0.3) is 0 Å². The lowest BCUT2D eigenvalue weighted by atomic mass is 10.2. The average Bonchev–Trinajstić information content (AvgIpc) is 2.49. The first-order valence-electron chi connectivity index (χ1n) is 7.14. The van der Waals surface area contributed by atoms with Crippen molar-refractivity contribution in [3.8, 4) is 0 Å². The summed E-state index contributed by atoms with van der Waals surface area (Å²) in [5.41, 5.74) is 1.12. The SMILES string of the molecule is OC(C/C=C\C1=CCCCO1)COCc1ccccc1. The number of hydrogen-bond acceptors (Lipinski definition) is 3. The van der Waals surface area contributed by atoms with Crippen molar-refractivity contribution in [1.82, 2.24) is 0 Å². The molecule has 0 saturated heterocycles. The quantitative estimate of drug-likeness (QED) is 0.830. The second-order valence-corrected chi connectivity index (χ2v) is 4.89. The predicted octanol–water partition coefficient (Wildman–Crippen LogP) is 3.20. The Bertz CT molecular complexity index is 437. The van der Waals surface area contributed by atoms with Crippen molar-refractivity contribution < 1.29 is 14.6 Å². The van der Waals surface area contributed by atoms with Crippen LogP contribution in [0.4, 0.5) is 0 Å². The Kier molecular flexibility index (Phi) is 6.35. The molecule has 0 bridgehead atoms. The summed E-state index contributed by atoms with van der Waals surface area (Å²) in [4.78, 5) is 0. The van der Waals surface area contributed by atoms with Gasteiger partial charge in [0.2, 0.25) is 0 Å². The van der Waals surface area contributed by atoms with E-state index < -0.39 is 6.10 Å².